The number of ether oxygens (including phenoxy) is 2. The summed E-state index contributed by atoms with van der Waals surface area (Å²) in [4.78, 5) is 2.53. The Bertz CT molecular complexity index is 1010. The van der Waals surface area contributed by atoms with Crippen LogP contribution in [0, 0.1) is 11.3 Å². The molecule has 2 aliphatic heterocycles. The van der Waals surface area contributed by atoms with Gasteiger partial charge in [0.15, 0.2) is 11.5 Å². The number of hydrogen-bond acceptors (Lipinski definition) is 6. The Balaban J connectivity index is 1.53. The minimum absolute atomic E-state index is 0.0766. The van der Waals surface area contributed by atoms with Crippen molar-refractivity contribution in [3.05, 3.63) is 54.1 Å². The van der Waals surface area contributed by atoms with Crippen molar-refractivity contribution < 1.29 is 23.0 Å². The maximum Gasteiger partial charge on any atom is 0.243 e. The Morgan fingerprint density at radius 3 is 2.48 bits per heavy atom. The highest BCUT2D eigenvalue weighted by atomic mass is 32.2. The molecule has 4 rings (SSSR count). The van der Waals surface area contributed by atoms with Crippen molar-refractivity contribution in [1.29, 1.82) is 0 Å². The highest BCUT2D eigenvalue weighted by Gasteiger charge is 2.50. The second kappa shape index (κ2) is 8.78. The van der Waals surface area contributed by atoms with E-state index in [1.54, 1.807) is 16.4 Å². The zero-order valence-corrected chi connectivity index (χ0v) is 18.8. The summed E-state index contributed by atoms with van der Waals surface area (Å²) < 4.78 is 38.8. The molecule has 7 nitrogen and oxygen atoms in total. The minimum Gasteiger partial charge on any atom is -0.493 e. The first-order valence-electron chi connectivity index (χ1n) is 10.5. The van der Waals surface area contributed by atoms with Crippen LogP contribution in [0.5, 0.6) is 11.5 Å². The summed E-state index contributed by atoms with van der Waals surface area (Å²) in [5.74, 6) is 0.969. The van der Waals surface area contributed by atoms with Crippen molar-refractivity contribution in [3.63, 3.8) is 0 Å². The summed E-state index contributed by atoms with van der Waals surface area (Å²) in [5.41, 5.74) is 0.974. The number of hydrogen-bond donors (Lipinski definition) is 1. The van der Waals surface area contributed by atoms with Gasteiger partial charge in [0.25, 0.3) is 0 Å². The van der Waals surface area contributed by atoms with E-state index < -0.39 is 10.0 Å². The van der Waals surface area contributed by atoms with Crippen molar-refractivity contribution in [2.75, 3.05) is 47.0 Å². The van der Waals surface area contributed by atoms with E-state index in [9.17, 15) is 13.5 Å². The number of benzene rings is 2. The van der Waals surface area contributed by atoms with Crippen molar-refractivity contribution in [1.82, 2.24) is 9.21 Å². The second-order valence-corrected chi connectivity index (χ2v) is 10.4. The summed E-state index contributed by atoms with van der Waals surface area (Å²) in [6.07, 6.45) is 0.645. The first-order chi connectivity index (χ1) is 14.9. The highest BCUT2D eigenvalue weighted by Crippen LogP contribution is 2.44. The molecule has 2 aromatic carbocycles. The fraction of sp³-hybridized carbons (Fsp3) is 0.478. The van der Waals surface area contributed by atoms with Gasteiger partial charge in [0.05, 0.1) is 25.7 Å². The SMILES string of the molecule is COc1ccc(S(=O)(=O)N2CC[C@@]3(CO)CN(Cc4ccccc4)C[C@H]3C2)cc1OC. The molecular weight excluding hydrogens is 416 g/mol. The van der Waals surface area contributed by atoms with Gasteiger partial charge < -0.3 is 14.6 Å². The molecule has 0 amide bonds. The lowest BCUT2D eigenvalue weighted by Gasteiger charge is -2.41. The van der Waals surface area contributed by atoms with Crippen molar-refractivity contribution in [3.8, 4) is 11.5 Å². The van der Waals surface area contributed by atoms with Gasteiger partial charge in [-0.15, -0.1) is 0 Å². The van der Waals surface area contributed by atoms with Crippen LogP contribution in [0.25, 0.3) is 0 Å². The first kappa shape index (κ1) is 22.1. The Kier molecular flexibility index (Phi) is 6.25. The molecule has 2 fully saturated rings. The smallest absolute Gasteiger partial charge is 0.243 e. The maximum atomic E-state index is 13.4. The van der Waals surface area contributed by atoms with Gasteiger partial charge in [-0.2, -0.15) is 4.31 Å². The van der Waals surface area contributed by atoms with Gasteiger partial charge in [0.1, 0.15) is 0 Å². The number of aliphatic hydroxyl groups excluding tert-OH is 1. The van der Waals surface area contributed by atoms with Crippen LogP contribution in [0.2, 0.25) is 0 Å². The maximum absolute atomic E-state index is 13.4. The van der Waals surface area contributed by atoms with Crippen LogP contribution in [-0.4, -0.2) is 69.7 Å². The third kappa shape index (κ3) is 4.17. The molecule has 1 N–H and O–H groups in total. The molecule has 0 saturated carbocycles. The van der Waals surface area contributed by atoms with Crippen LogP contribution in [0.1, 0.15) is 12.0 Å². The van der Waals surface area contributed by atoms with E-state index in [1.807, 2.05) is 18.2 Å². The largest absolute Gasteiger partial charge is 0.493 e. The molecule has 8 heteroatoms. The van der Waals surface area contributed by atoms with E-state index in [0.717, 1.165) is 19.6 Å². The average molecular weight is 447 g/mol. The molecule has 0 bridgehead atoms. The van der Waals surface area contributed by atoms with Crippen LogP contribution < -0.4 is 9.47 Å². The predicted octanol–water partition coefficient (Wildman–Crippen LogP) is 2.21. The Hall–Kier alpha value is -2.13. The van der Waals surface area contributed by atoms with E-state index >= 15 is 0 Å². The molecule has 2 heterocycles. The molecule has 0 aliphatic carbocycles. The van der Waals surface area contributed by atoms with Gasteiger partial charge >= 0.3 is 0 Å². The predicted molar refractivity (Wildman–Crippen MR) is 118 cm³/mol. The standard InChI is InChI=1S/C23H30N2O5S/c1-29-21-9-8-20(12-22(21)30-2)31(27,28)25-11-10-23(17-26)16-24(14-19(23)15-25)13-18-6-4-3-5-7-18/h3-9,12,19,26H,10-11,13-17H2,1-2H3/t19-,23-/m0/s1. The fourth-order valence-corrected chi connectivity index (χ4v) is 6.43. The molecule has 31 heavy (non-hydrogen) atoms. The van der Waals surface area contributed by atoms with Crippen molar-refractivity contribution in [2.24, 2.45) is 11.3 Å². The van der Waals surface area contributed by atoms with Gasteiger partial charge in [-0.1, -0.05) is 30.3 Å². The van der Waals surface area contributed by atoms with Crippen LogP contribution in [-0.2, 0) is 16.6 Å². The molecule has 168 valence electrons. The normalized spacial score (nSPS) is 24.7. The molecule has 0 unspecified atom stereocenters. The molecule has 2 saturated heterocycles. The van der Waals surface area contributed by atoms with Crippen molar-refractivity contribution in [2.45, 2.75) is 17.9 Å². The summed E-state index contributed by atoms with van der Waals surface area (Å²) in [6.45, 7) is 3.24. The fourth-order valence-electron chi connectivity index (χ4n) is 4.93. The zero-order valence-electron chi connectivity index (χ0n) is 18.0. The quantitative estimate of drug-likeness (QED) is 0.703. The summed E-state index contributed by atoms with van der Waals surface area (Å²) in [5, 5.41) is 10.2. The van der Waals surface area contributed by atoms with E-state index in [2.05, 4.69) is 17.0 Å². The Labute approximate surface area is 184 Å². The summed E-state index contributed by atoms with van der Waals surface area (Å²) in [6, 6.07) is 14.9. The summed E-state index contributed by atoms with van der Waals surface area (Å²) >= 11 is 0. The summed E-state index contributed by atoms with van der Waals surface area (Å²) in [7, 11) is -0.661. The van der Waals surface area contributed by atoms with Gasteiger partial charge in [-0.05, 0) is 30.0 Å². The van der Waals surface area contributed by atoms with Crippen LogP contribution >= 0.6 is 0 Å². The monoisotopic (exact) mass is 446 g/mol. The lowest BCUT2D eigenvalue weighted by Crippen LogP contribution is -2.50. The molecule has 2 aromatic rings. The number of piperidine rings is 1. The number of likely N-dealkylation sites (tertiary alicyclic amines) is 1. The van der Waals surface area contributed by atoms with Crippen LogP contribution in [0.3, 0.4) is 0 Å². The average Bonchev–Trinajstić information content (AvgIpc) is 3.16. The van der Waals surface area contributed by atoms with Gasteiger partial charge in [-0.3, -0.25) is 4.90 Å². The molecule has 2 aliphatic rings. The first-order valence-corrected chi connectivity index (χ1v) is 12.0. The highest BCUT2D eigenvalue weighted by molar-refractivity contribution is 7.89. The van der Waals surface area contributed by atoms with E-state index in [1.165, 1.54) is 25.8 Å². The third-order valence-corrected chi connectivity index (χ3v) is 8.58. The number of sulfonamides is 1. The molecule has 2 atom stereocenters. The van der Waals surface area contributed by atoms with E-state index in [0.29, 0.717) is 31.0 Å². The van der Waals surface area contributed by atoms with E-state index in [4.69, 9.17) is 9.47 Å². The van der Waals surface area contributed by atoms with Crippen LogP contribution in [0.15, 0.2) is 53.4 Å². The topological polar surface area (TPSA) is 79.3 Å². The van der Waals surface area contributed by atoms with Crippen LogP contribution in [0.4, 0.5) is 0 Å². The number of aliphatic hydroxyl groups is 1. The van der Waals surface area contributed by atoms with E-state index in [-0.39, 0.29) is 22.8 Å². The lowest BCUT2D eigenvalue weighted by molar-refractivity contribution is 0.0436. The Morgan fingerprint density at radius 2 is 1.81 bits per heavy atom. The lowest BCUT2D eigenvalue weighted by atomic mass is 9.74. The second-order valence-electron chi connectivity index (χ2n) is 8.50. The van der Waals surface area contributed by atoms with Gasteiger partial charge in [-0.25, -0.2) is 8.42 Å². The Morgan fingerprint density at radius 1 is 1.06 bits per heavy atom. The molecular formula is C23H30N2O5S. The number of fused-ring (bicyclic) bond motifs is 1. The minimum atomic E-state index is -3.67. The molecule has 0 aromatic heterocycles. The number of nitrogens with zero attached hydrogens (tertiary/aromatic N) is 2. The van der Waals surface area contributed by atoms with Crippen molar-refractivity contribution >= 4 is 10.0 Å². The number of rotatable bonds is 7. The van der Waals surface area contributed by atoms with Gasteiger partial charge in [0.2, 0.25) is 10.0 Å². The third-order valence-electron chi connectivity index (χ3n) is 6.72. The molecule has 0 radical (unpaired) electrons. The van der Waals surface area contributed by atoms with Gasteiger partial charge in [0, 0.05) is 44.2 Å². The molecule has 0 spiro atoms. The number of methoxy groups -OCH3 is 2. The zero-order chi connectivity index (χ0) is 22.1.